The molecule has 4 heteroatoms. The van der Waals surface area contributed by atoms with Crippen molar-refractivity contribution >= 4 is 23.1 Å². The third-order valence-corrected chi connectivity index (χ3v) is 3.80. The highest BCUT2D eigenvalue weighted by molar-refractivity contribution is 5.97. The third kappa shape index (κ3) is 4.95. The SMILES string of the molecule is CC(=O)c1cccc(NC(=O)CCNc2ccccc2C(C)C)c1. The molecule has 0 radical (unpaired) electrons. The van der Waals surface area contributed by atoms with Gasteiger partial charge in [-0.15, -0.1) is 0 Å². The summed E-state index contributed by atoms with van der Waals surface area (Å²) in [5.41, 5.74) is 3.55. The second-order valence-corrected chi connectivity index (χ2v) is 6.10. The van der Waals surface area contributed by atoms with Crippen LogP contribution in [0.1, 0.15) is 49.0 Å². The Balaban J connectivity index is 1.88. The molecule has 0 aliphatic rings. The molecule has 24 heavy (non-hydrogen) atoms. The minimum atomic E-state index is -0.0785. The van der Waals surface area contributed by atoms with Gasteiger partial charge in [-0.1, -0.05) is 44.2 Å². The fraction of sp³-hybridized carbons (Fsp3) is 0.300. The lowest BCUT2D eigenvalue weighted by molar-refractivity contribution is -0.115. The summed E-state index contributed by atoms with van der Waals surface area (Å²) in [6, 6.07) is 15.1. The zero-order valence-corrected chi connectivity index (χ0v) is 14.4. The summed E-state index contributed by atoms with van der Waals surface area (Å²) in [5, 5.41) is 6.16. The maximum atomic E-state index is 12.1. The average molecular weight is 324 g/mol. The normalized spacial score (nSPS) is 10.5. The Hall–Kier alpha value is -2.62. The molecule has 0 aromatic heterocycles. The van der Waals surface area contributed by atoms with Crippen molar-refractivity contribution in [3.63, 3.8) is 0 Å². The van der Waals surface area contributed by atoms with E-state index in [1.54, 1.807) is 24.3 Å². The van der Waals surface area contributed by atoms with Crippen molar-refractivity contribution in [3.05, 3.63) is 59.7 Å². The lowest BCUT2D eigenvalue weighted by Gasteiger charge is -2.14. The van der Waals surface area contributed by atoms with Crippen LogP contribution in [-0.2, 0) is 4.79 Å². The Labute approximate surface area is 143 Å². The molecule has 2 N–H and O–H groups in total. The molecule has 4 nitrogen and oxygen atoms in total. The number of benzene rings is 2. The predicted octanol–water partition coefficient (Wildman–Crippen LogP) is 4.45. The second-order valence-electron chi connectivity index (χ2n) is 6.10. The van der Waals surface area contributed by atoms with E-state index in [1.807, 2.05) is 18.2 Å². The lowest BCUT2D eigenvalue weighted by atomic mass is 10.0. The monoisotopic (exact) mass is 324 g/mol. The molecule has 0 saturated heterocycles. The molecule has 0 fully saturated rings. The van der Waals surface area contributed by atoms with Gasteiger partial charge in [0, 0.05) is 29.9 Å². The van der Waals surface area contributed by atoms with E-state index >= 15 is 0 Å². The number of amides is 1. The molecule has 0 saturated carbocycles. The van der Waals surface area contributed by atoms with Crippen LogP contribution in [0.3, 0.4) is 0 Å². The number of anilines is 2. The summed E-state index contributed by atoms with van der Waals surface area (Å²) >= 11 is 0. The van der Waals surface area contributed by atoms with Crippen LogP contribution in [0, 0.1) is 0 Å². The minimum Gasteiger partial charge on any atom is -0.384 e. The molecule has 126 valence electrons. The molecule has 0 heterocycles. The van der Waals surface area contributed by atoms with Crippen LogP contribution in [-0.4, -0.2) is 18.2 Å². The van der Waals surface area contributed by atoms with E-state index < -0.39 is 0 Å². The zero-order chi connectivity index (χ0) is 17.5. The number of carbonyl (C=O) groups is 2. The number of hydrogen-bond donors (Lipinski definition) is 2. The van der Waals surface area contributed by atoms with Crippen molar-refractivity contribution in [1.29, 1.82) is 0 Å². The molecule has 0 spiro atoms. The van der Waals surface area contributed by atoms with Gasteiger partial charge in [-0.05, 0) is 36.6 Å². The largest absolute Gasteiger partial charge is 0.384 e. The quantitative estimate of drug-likeness (QED) is 0.740. The summed E-state index contributed by atoms with van der Waals surface area (Å²) in [4.78, 5) is 23.4. The smallest absolute Gasteiger partial charge is 0.226 e. The van der Waals surface area contributed by atoms with Crippen LogP contribution in [0.25, 0.3) is 0 Å². The maximum Gasteiger partial charge on any atom is 0.226 e. The molecule has 0 unspecified atom stereocenters. The Morgan fingerprint density at radius 1 is 1.04 bits per heavy atom. The topological polar surface area (TPSA) is 58.2 Å². The number of hydrogen-bond acceptors (Lipinski definition) is 3. The van der Waals surface area contributed by atoms with Gasteiger partial charge >= 0.3 is 0 Å². The summed E-state index contributed by atoms with van der Waals surface area (Å²) in [6.07, 6.45) is 0.358. The van der Waals surface area contributed by atoms with Crippen LogP contribution >= 0.6 is 0 Å². The Bertz CT molecular complexity index is 723. The van der Waals surface area contributed by atoms with Crippen molar-refractivity contribution in [2.45, 2.75) is 33.1 Å². The molecule has 2 aromatic rings. The Kier molecular flexibility index (Phi) is 6.13. The van der Waals surface area contributed by atoms with Crippen molar-refractivity contribution < 1.29 is 9.59 Å². The van der Waals surface area contributed by atoms with Gasteiger partial charge in [0.15, 0.2) is 5.78 Å². The molecule has 2 aromatic carbocycles. The maximum absolute atomic E-state index is 12.1. The van der Waals surface area contributed by atoms with Gasteiger partial charge in [0.2, 0.25) is 5.91 Å². The van der Waals surface area contributed by atoms with Gasteiger partial charge in [-0.25, -0.2) is 0 Å². The predicted molar refractivity (Wildman–Crippen MR) is 98.7 cm³/mol. The van der Waals surface area contributed by atoms with Crippen LogP contribution < -0.4 is 10.6 Å². The van der Waals surface area contributed by atoms with Crippen LogP contribution in [0.15, 0.2) is 48.5 Å². The second kappa shape index (κ2) is 8.29. The Morgan fingerprint density at radius 3 is 2.50 bits per heavy atom. The number of Topliss-reactive ketones (excluding diaryl/α,β-unsaturated/α-hetero) is 1. The first-order chi connectivity index (χ1) is 11.5. The average Bonchev–Trinajstić information content (AvgIpc) is 2.55. The van der Waals surface area contributed by atoms with Gasteiger partial charge in [0.1, 0.15) is 0 Å². The molecule has 0 atom stereocenters. The van der Waals surface area contributed by atoms with E-state index in [0.717, 1.165) is 5.69 Å². The lowest BCUT2D eigenvalue weighted by Crippen LogP contribution is -2.17. The van der Waals surface area contributed by atoms with E-state index in [1.165, 1.54) is 12.5 Å². The zero-order valence-electron chi connectivity index (χ0n) is 14.4. The summed E-state index contributed by atoms with van der Waals surface area (Å²) in [7, 11) is 0. The van der Waals surface area contributed by atoms with Crippen molar-refractivity contribution in [1.82, 2.24) is 0 Å². The van der Waals surface area contributed by atoms with Crippen molar-refractivity contribution in [2.24, 2.45) is 0 Å². The minimum absolute atomic E-state index is 0.0157. The number of carbonyl (C=O) groups excluding carboxylic acids is 2. The molecule has 1 amide bonds. The summed E-state index contributed by atoms with van der Waals surface area (Å²) in [5.74, 6) is 0.333. The van der Waals surface area contributed by atoms with E-state index in [-0.39, 0.29) is 11.7 Å². The molecular weight excluding hydrogens is 300 g/mol. The van der Waals surface area contributed by atoms with E-state index in [9.17, 15) is 9.59 Å². The van der Waals surface area contributed by atoms with Crippen LogP contribution in [0.5, 0.6) is 0 Å². The van der Waals surface area contributed by atoms with Crippen molar-refractivity contribution in [2.75, 3.05) is 17.2 Å². The fourth-order valence-electron chi connectivity index (χ4n) is 2.51. The summed E-state index contributed by atoms with van der Waals surface area (Å²) in [6.45, 7) is 6.36. The number of nitrogens with one attached hydrogen (secondary N) is 2. The first-order valence-corrected chi connectivity index (χ1v) is 8.21. The number of rotatable bonds is 7. The van der Waals surface area contributed by atoms with Crippen molar-refractivity contribution in [3.8, 4) is 0 Å². The molecule has 0 aliphatic heterocycles. The number of para-hydroxylation sites is 1. The van der Waals surface area contributed by atoms with Gasteiger partial charge in [0.05, 0.1) is 0 Å². The van der Waals surface area contributed by atoms with Gasteiger partial charge < -0.3 is 10.6 Å². The van der Waals surface area contributed by atoms with Gasteiger partial charge in [0.25, 0.3) is 0 Å². The van der Waals surface area contributed by atoms with Crippen LogP contribution in [0.4, 0.5) is 11.4 Å². The van der Waals surface area contributed by atoms with E-state index in [0.29, 0.717) is 30.1 Å². The Morgan fingerprint density at radius 2 is 1.79 bits per heavy atom. The number of ketones is 1. The van der Waals surface area contributed by atoms with E-state index in [2.05, 4.69) is 30.5 Å². The standard InChI is InChI=1S/C20H24N2O2/c1-14(2)18-9-4-5-10-19(18)21-12-11-20(24)22-17-8-6-7-16(13-17)15(3)23/h4-10,13-14,21H,11-12H2,1-3H3,(H,22,24). The summed E-state index contributed by atoms with van der Waals surface area (Å²) < 4.78 is 0. The fourth-order valence-corrected chi connectivity index (χ4v) is 2.51. The first kappa shape index (κ1) is 17.7. The molecular formula is C20H24N2O2. The van der Waals surface area contributed by atoms with Gasteiger partial charge in [-0.2, -0.15) is 0 Å². The molecule has 0 aliphatic carbocycles. The van der Waals surface area contributed by atoms with Crippen LogP contribution in [0.2, 0.25) is 0 Å². The highest BCUT2D eigenvalue weighted by atomic mass is 16.1. The highest BCUT2D eigenvalue weighted by Crippen LogP contribution is 2.23. The first-order valence-electron chi connectivity index (χ1n) is 8.21. The molecule has 2 rings (SSSR count). The highest BCUT2D eigenvalue weighted by Gasteiger charge is 2.07. The third-order valence-electron chi connectivity index (χ3n) is 3.80. The molecule has 0 bridgehead atoms. The van der Waals surface area contributed by atoms with E-state index in [4.69, 9.17) is 0 Å². The van der Waals surface area contributed by atoms with Gasteiger partial charge in [-0.3, -0.25) is 9.59 Å².